The minimum atomic E-state index is -0.273. The van der Waals surface area contributed by atoms with Crippen molar-refractivity contribution in [3.05, 3.63) is 12.2 Å². The molecule has 0 aromatic rings. The largest absolute Gasteiger partial charge is 0.324 e. The molecule has 0 radical (unpaired) electrons. The summed E-state index contributed by atoms with van der Waals surface area (Å²) in [5.41, 5.74) is 0. The molecule has 1 saturated heterocycles. The molecule has 70 valence electrons. The molecule has 13 heavy (non-hydrogen) atoms. The van der Waals surface area contributed by atoms with Gasteiger partial charge in [0.15, 0.2) is 0 Å². The number of carbonyl (C=O) groups excluding carboxylic acids is 2. The van der Waals surface area contributed by atoms with E-state index in [9.17, 15) is 9.59 Å². The Labute approximate surface area is 76.6 Å². The first-order valence-electron chi connectivity index (χ1n) is 4.51. The fraction of sp³-hybridized carbons (Fsp3) is 0.556. The summed E-state index contributed by atoms with van der Waals surface area (Å²) in [6.07, 6.45) is 6.62. The van der Waals surface area contributed by atoms with Crippen LogP contribution in [-0.4, -0.2) is 29.9 Å². The van der Waals surface area contributed by atoms with Crippen molar-refractivity contribution in [1.82, 2.24) is 10.2 Å². The molecule has 1 heterocycles. The minimum Gasteiger partial charge on any atom is -0.311 e. The minimum absolute atomic E-state index is 0.202. The van der Waals surface area contributed by atoms with Crippen LogP contribution >= 0.6 is 0 Å². The number of hydrogen-bond donors (Lipinski definition) is 1. The third-order valence-corrected chi connectivity index (χ3v) is 2.22. The van der Waals surface area contributed by atoms with Crippen molar-refractivity contribution in [3.63, 3.8) is 0 Å². The smallest absolute Gasteiger partial charge is 0.311 e. The van der Waals surface area contributed by atoms with Gasteiger partial charge in [0.2, 0.25) is 5.91 Å². The zero-order valence-electron chi connectivity index (χ0n) is 7.32. The van der Waals surface area contributed by atoms with Crippen LogP contribution < -0.4 is 5.32 Å². The van der Waals surface area contributed by atoms with Crippen LogP contribution in [-0.2, 0) is 4.79 Å². The molecule has 0 bridgehead atoms. The second-order valence-corrected chi connectivity index (χ2v) is 3.50. The van der Waals surface area contributed by atoms with Crippen molar-refractivity contribution >= 4 is 11.9 Å². The Morgan fingerprint density at radius 1 is 1.46 bits per heavy atom. The average Bonchev–Trinajstić information content (AvgIpc) is 2.81. The Morgan fingerprint density at radius 2 is 2.23 bits per heavy atom. The normalized spacial score (nSPS) is 22.9. The van der Waals surface area contributed by atoms with Gasteiger partial charge < -0.3 is 4.90 Å². The van der Waals surface area contributed by atoms with E-state index in [1.54, 1.807) is 0 Å². The SMILES string of the molecule is O=C1CN(C/C=C/C2CC2)C(=O)N1. The number of allylic oxidation sites excluding steroid dienone is 1. The van der Waals surface area contributed by atoms with E-state index in [1.807, 2.05) is 6.08 Å². The lowest BCUT2D eigenvalue weighted by atomic mass is 10.3. The zero-order chi connectivity index (χ0) is 9.26. The van der Waals surface area contributed by atoms with Gasteiger partial charge in [-0.2, -0.15) is 0 Å². The van der Waals surface area contributed by atoms with Crippen LogP contribution in [0.2, 0.25) is 0 Å². The highest BCUT2D eigenvalue weighted by molar-refractivity contribution is 6.01. The highest BCUT2D eigenvalue weighted by atomic mass is 16.2. The topological polar surface area (TPSA) is 49.4 Å². The van der Waals surface area contributed by atoms with Crippen molar-refractivity contribution in [1.29, 1.82) is 0 Å². The number of amides is 3. The van der Waals surface area contributed by atoms with Gasteiger partial charge in [0.05, 0.1) is 0 Å². The summed E-state index contributed by atoms with van der Waals surface area (Å²) in [4.78, 5) is 23.3. The van der Waals surface area contributed by atoms with E-state index in [0.717, 1.165) is 5.92 Å². The van der Waals surface area contributed by atoms with Crippen LogP contribution in [0.4, 0.5) is 4.79 Å². The lowest BCUT2D eigenvalue weighted by Gasteiger charge is -2.08. The maximum atomic E-state index is 11.0. The summed E-state index contributed by atoms with van der Waals surface area (Å²) < 4.78 is 0. The molecule has 1 aliphatic heterocycles. The van der Waals surface area contributed by atoms with Crippen molar-refractivity contribution in [2.75, 3.05) is 13.1 Å². The van der Waals surface area contributed by atoms with Crippen LogP contribution in [0.1, 0.15) is 12.8 Å². The molecule has 1 aliphatic carbocycles. The maximum Gasteiger partial charge on any atom is 0.324 e. The molecule has 0 aromatic heterocycles. The molecule has 1 saturated carbocycles. The highest BCUT2D eigenvalue weighted by Crippen LogP contribution is 2.29. The number of nitrogens with one attached hydrogen (secondary N) is 1. The standard InChI is InChI=1S/C9H12N2O2/c12-8-6-11(9(13)10-8)5-1-2-7-3-4-7/h1-2,7H,3-6H2,(H,10,12,13)/b2-1+. The van der Waals surface area contributed by atoms with E-state index >= 15 is 0 Å². The Hall–Kier alpha value is -1.32. The third-order valence-electron chi connectivity index (χ3n) is 2.22. The fourth-order valence-corrected chi connectivity index (χ4v) is 1.30. The number of imide groups is 1. The molecule has 0 aromatic carbocycles. The first kappa shape index (κ1) is 8.29. The maximum absolute atomic E-state index is 11.0. The van der Waals surface area contributed by atoms with Crippen molar-refractivity contribution < 1.29 is 9.59 Å². The Balaban J connectivity index is 1.80. The molecule has 2 fully saturated rings. The molecule has 4 heteroatoms. The quantitative estimate of drug-likeness (QED) is 0.508. The van der Waals surface area contributed by atoms with Gasteiger partial charge >= 0.3 is 6.03 Å². The lowest BCUT2D eigenvalue weighted by Crippen LogP contribution is -2.28. The monoisotopic (exact) mass is 180 g/mol. The fourth-order valence-electron chi connectivity index (χ4n) is 1.30. The van der Waals surface area contributed by atoms with Gasteiger partial charge in [0.1, 0.15) is 6.54 Å². The van der Waals surface area contributed by atoms with Gasteiger partial charge in [0.25, 0.3) is 0 Å². The highest BCUT2D eigenvalue weighted by Gasteiger charge is 2.25. The number of nitrogens with zero attached hydrogens (tertiary/aromatic N) is 1. The predicted molar refractivity (Wildman–Crippen MR) is 47.0 cm³/mol. The van der Waals surface area contributed by atoms with E-state index in [4.69, 9.17) is 0 Å². The third kappa shape index (κ3) is 2.08. The molecule has 0 atom stereocenters. The van der Waals surface area contributed by atoms with Gasteiger partial charge in [-0.1, -0.05) is 12.2 Å². The van der Waals surface area contributed by atoms with E-state index in [0.29, 0.717) is 6.54 Å². The van der Waals surface area contributed by atoms with Crippen LogP contribution in [0.15, 0.2) is 12.2 Å². The first-order valence-corrected chi connectivity index (χ1v) is 4.51. The Bertz CT molecular complexity index is 269. The summed E-state index contributed by atoms with van der Waals surface area (Å²) in [6, 6.07) is -0.273. The van der Waals surface area contributed by atoms with Gasteiger partial charge in [-0.05, 0) is 18.8 Å². The van der Waals surface area contributed by atoms with Crippen molar-refractivity contribution in [2.24, 2.45) is 5.92 Å². The van der Waals surface area contributed by atoms with Gasteiger partial charge in [-0.25, -0.2) is 4.79 Å². The number of rotatable bonds is 3. The van der Waals surface area contributed by atoms with E-state index in [-0.39, 0.29) is 18.5 Å². The Morgan fingerprint density at radius 3 is 2.77 bits per heavy atom. The van der Waals surface area contributed by atoms with Crippen molar-refractivity contribution in [2.45, 2.75) is 12.8 Å². The first-order chi connectivity index (χ1) is 6.25. The number of carbonyl (C=O) groups is 2. The molecule has 0 unspecified atom stereocenters. The summed E-state index contributed by atoms with van der Waals surface area (Å²) in [5, 5.41) is 2.23. The molecular formula is C9H12N2O2. The van der Waals surface area contributed by atoms with Gasteiger partial charge in [-0.15, -0.1) is 0 Å². The summed E-state index contributed by atoms with van der Waals surface area (Å²) in [7, 11) is 0. The molecule has 2 rings (SSSR count). The van der Waals surface area contributed by atoms with Gasteiger partial charge in [0, 0.05) is 6.54 Å². The molecule has 1 N–H and O–H groups in total. The molecule has 3 amide bonds. The Kier molecular flexibility index (Phi) is 2.04. The summed E-state index contributed by atoms with van der Waals surface area (Å²) in [6.45, 7) is 0.752. The van der Waals surface area contributed by atoms with Gasteiger partial charge in [-0.3, -0.25) is 10.1 Å². The molecule has 0 spiro atoms. The number of urea groups is 1. The van der Waals surface area contributed by atoms with E-state index < -0.39 is 0 Å². The second-order valence-electron chi connectivity index (χ2n) is 3.50. The lowest BCUT2D eigenvalue weighted by molar-refractivity contribution is -0.118. The van der Waals surface area contributed by atoms with Crippen molar-refractivity contribution in [3.8, 4) is 0 Å². The van der Waals surface area contributed by atoms with E-state index in [2.05, 4.69) is 11.4 Å². The van der Waals surface area contributed by atoms with E-state index in [1.165, 1.54) is 17.7 Å². The van der Waals surface area contributed by atoms with Crippen LogP contribution in [0.3, 0.4) is 0 Å². The summed E-state index contributed by atoms with van der Waals surface area (Å²) in [5.74, 6) is 0.520. The zero-order valence-corrected chi connectivity index (χ0v) is 7.32. The second kappa shape index (κ2) is 3.20. The molecule has 4 nitrogen and oxygen atoms in total. The molecular weight excluding hydrogens is 168 g/mol. The molecule has 2 aliphatic rings. The predicted octanol–water partition coefficient (Wildman–Crippen LogP) is 0.504. The van der Waals surface area contributed by atoms with Crippen LogP contribution in [0, 0.1) is 5.92 Å². The number of hydrogen-bond acceptors (Lipinski definition) is 2. The van der Waals surface area contributed by atoms with Crippen LogP contribution in [0.5, 0.6) is 0 Å². The average molecular weight is 180 g/mol. The summed E-state index contributed by atoms with van der Waals surface area (Å²) >= 11 is 0. The van der Waals surface area contributed by atoms with Crippen LogP contribution in [0.25, 0.3) is 0 Å².